The van der Waals surface area contributed by atoms with Crippen molar-refractivity contribution in [1.82, 2.24) is 4.90 Å². The summed E-state index contributed by atoms with van der Waals surface area (Å²) in [5, 5.41) is 0. The van der Waals surface area contributed by atoms with Gasteiger partial charge in [0.2, 0.25) is 0 Å². The number of carbonyl (C=O) groups is 1. The molecule has 0 aliphatic rings. The highest BCUT2D eigenvalue weighted by molar-refractivity contribution is 5.95. The fourth-order valence-electron chi connectivity index (χ4n) is 1.73. The molecule has 106 valence electrons. The van der Waals surface area contributed by atoms with Crippen LogP contribution < -0.4 is 5.73 Å². The van der Waals surface area contributed by atoms with Gasteiger partial charge in [0.25, 0.3) is 0 Å². The van der Waals surface area contributed by atoms with Crippen LogP contribution in [-0.2, 0) is 11.2 Å². The zero-order valence-corrected chi connectivity index (χ0v) is 12.1. The molecule has 0 unspecified atom stereocenters. The van der Waals surface area contributed by atoms with Gasteiger partial charge in [0, 0.05) is 12.2 Å². The quantitative estimate of drug-likeness (QED) is 0.606. The van der Waals surface area contributed by atoms with Crippen LogP contribution in [0.3, 0.4) is 0 Å². The van der Waals surface area contributed by atoms with Crippen LogP contribution in [0.5, 0.6) is 0 Å². The number of hydrogen-bond donors (Lipinski definition) is 1. The largest absolute Gasteiger partial charge is 0.461 e. The Morgan fingerprint density at radius 2 is 2.11 bits per heavy atom. The minimum absolute atomic E-state index is 0.346. The molecule has 19 heavy (non-hydrogen) atoms. The fourth-order valence-corrected chi connectivity index (χ4v) is 1.73. The maximum Gasteiger partial charge on any atom is 0.340 e. The summed E-state index contributed by atoms with van der Waals surface area (Å²) in [5.41, 5.74) is 8.05. The Kier molecular flexibility index (Phi) is 6.36. The third-order valence-corrected chi connectivity index (χ3v) is 2.93. The highest BCUT2D eigenvalue weighted by atomic mass is 16.5. The van der Waals surface area contributed by atoms with Crippen molar-refractivity contribution in [3.8, 4) is 0 Å². The summed E-state index contributed by atoms with van der Waals surface area (Å²) in [6.45, 7) is 3.24. The van der Waals surface area contributed by atoms with Crippen molar-refractivity contribution in [1.29, 1.82) is 0 Å². The Balaban J connectivity index is 2.60. The molecule has 0 amide bonds. The highest BCUT2D eigenvalue weighted by Crippen LogP contribution is 2.17. The molecule has 0 spiro atoms. The van der Waals surface area contributed by atoms with Crippen molar-refractivity contribution in [2.75, 3.05) is 33.0 Å². The molecule has 4 nitrogen and oxygen atoms in total. The zero-order chi connectivity index (χ0) is 14.3. The van der Waals surface area contributed by atoms with E-state index >= 15 is 0 Å². The number of unbranched alkanes of at least 4 members (excludes halogenated alkanes) is 1. The molecule has 0 fully saturated rings. The van der Waals surface area contributed by atoms with E-state index in [0.717, 1.165) is 19.3 Å². The number of nitrogens with two attached hydrogens (primary N) is 1. The van der Waals surface area contributed by atoms with Crippen molar-refractivity contribution >= 4 is 11.7 Å². The van der Waals surface area contributed by atoms with Gasteiger partial charge in [0.05, 0.1) is 5.56 Å². The first kappa shape index (κ1) is 15.5. The van der Waals surface area contributed by atoms with Gasteiger partial charge in [-0.15, -0.1) is 0 Å². The molecule has 4 heteroatoms. The number of aryl methyl sites for hydroxylation is 1. The third kappa shape index (κ3) is 5.30. The second-order valence-electron chi connectivity index (χ2n) is 4.96. The van der Waals surface area contributed by atoms with Crippen molar-refractivity contribution in [2.45, 2.75) is 26.2 Å². The lowest BCUT2D eigenvalue weighted by Crippen LogP contribution is -2.20. The molecule has 0 saturated carbocycles. The number of benzene rings is 1. The molecule has 0 aromatic heterocycles. The molecule has 0 saturated heterocycles. The standard InChI is InChI=1S/C15H24N2O2/c1-4-5-6-12-7-8-13(14(16)11-12)15(18)19-10-9-17(2)3/h7-8,11H,4-6,9-10,16H2,1-3H3. The Labute approximate surface area is 115 Å². The van der Waals surface area contributed by atoms with Crippen LogP contribution >= 0.6 is 0 Å². The number of rotatable bonds is 7. The topological polar surface area (TPSA) is 55.6 Å². The molecule has 0 aliphatic heterocycles. The fraction of sp³-hybridized carbons (Fsp3) is 0.533. The first-order valence-corrected chi connectivity index (χ1v) is 6.74. The summed E-state index contributed by atoms with van der Waals surface area (Å²) in [6, 6.07) is 5.59. The molecule has 1 rings (SSSR count). The van der Waals surface area contributed by atoms with Crippen LogP contribution in [0, 0.1) is 0 Å². The van der Waals surface area contributed by atoms with Crippen molar-refractivity contribution in [3.05, 3.63) is 29.3 Å². The number of likely N-dealkylation sites (N-methyl/N-ethyl adjacent to an activating group) is 1. The van der Waals surface area contributed by atoms with E-state index in [1.807, 2.05) is 31.1 Å². The van der Waals surface area contributed by atoms with E-state index in [2.05, 4.69) is 6.92 Å². The summed E-state index contributed by atoms with van der Waals surface area (Å²) >= 11 is 0. The molecule has 1 aromatic rings. The Bertz CT molecular complexity index is 417. The molecular formula is C15H24N2O2. The number of nitrogen functional groups attached to an aromatic ring is 1. The number of anilines is 1. The van der Waals surface area contributed by atoms with Crippen LogP contribution in [0.2, 0.25) is 0 Å². The van der Waals surface area contributed by atoms with Crippen molar-refractivity contribution in [3.63, 3.8) is 0 Å². The van der Waals surface area contributed by atoms with Gasteiger partial charge in [-0.3, -0.25) is 0 Å². The van der Waals surface area contributed by atoms with E-state index in [1.165, 1.54) is 5.56 Å². The van der Waals surface area contributed by atoms with E-state index in [4.69, 9.17) is 10.5 Å². The van der Waals surface area contributed by atoms with Gasteiger partial charge in [-0.1, -0.05) is 19.4 Å². The molecule has 1 aromatic carbocycles. The lowest BCUT2D eigenvalue weighted by atomic mass is 10.0. The number of ether oxygens (including phenoxy) is 1. The summed E-state index contributed by atoms with van der Waals surface area (Å²) in [5.74, 6) is -0.346. The predicted octanol–water partition coefficient (Wildman–Crippen LogP) is 2.33. The van der Waals surface area contributed by atoms with E-state index in [-0.39, 0.29) is 5.97 Å². The molecule has 0 bridgehead atoms. The number of hydrogen-bond acceptors (Lipinski definition) is 4. The molecular weight excluding hydrogens is 240 g/mol. The molecule has 2 N–H and O–H groups in total. The normalized spacial score (nSPS) is 10.7. The minimum atomic E-state index is -0.346. The molecule has 0 atom stereocenters. The van der Waals surface area contributed by atoms with Gasteiger partial charge in [-0.25, -0.2) is 4.79 Å². The maximum absolute atomic E-state index is 11.9. The summed E-state index contributed by atoms with van der Waals surface area (Å²) in [4.78, 5) is 13.8. The van der Waals surface area contributed by atoms with E-state index in [9.17, 15) is 4.79 Å². The van der Waals surface area contributed by atoms with Crippen molar-refractivity contribution in [2.24, 2.45) is 0 Å². The van der Waals surface area contributed by atoms with Crippen LogP contribution in [0.25, 0.3) is 0 Å². The number of nitrogens with zero attached hydrogens (tertiary/aromatic N) is 1. The lowest BCUT2D eigenvalue weighted by molar-refractivity contribution is 0.0483. The van der Waals surface area contributed by atoms with Gasteiger partial charge >= 0.3 is 5.97 Å². The van der Waals surface area contributed by atoms with Gasteiger partial charge < -0.3 is 15.4 Å². The first-order chi connectivity index (χ1) is 9.04. The second kappa shape index (κ2) is 7.79. The zero-order valence-electron chi connectivity index (χ0n) is 12.1. The number of carbonyl (C=O) groups excluding carboxylic acids is 1. The third-order valence-electron chi connectivity index (χ3n) is 2.93. The summed E-state index contributed by atoms with van der Waals surface area (Å²) < 4.78 is 5.18. The molecule has 0 heterocycles. The van der Waals surface area contributed by atoms with Gasteiger partial charge in [-0.2, -0.15) is 0 Å². The Morgan fingerprint density at radius 3 is 2.68 bits per heavy atom. The average Bonchev–Trinajstić information content (AvgIpc) is 2.35. The van der Waals surface area contributed by atoms with E-state index < -0.39 is 0 Å². The van der Waals surface area contributed by atoms with E-state index in [0.29, 0.717) is 24.4 Å². The van der Waals surface area contributed by atoms with Gasteiger partial charge in [0.15, 0.2) is 0 Å². The second-order valence-corrected chi connectivity index (χ2v) is 4.96. The molecule has 0 aliphatic carbocycles. The average molecular weight is 264 g/mol. The van der Waals surface area contributed by atoms with Gasteiger partial charge in [0.1, 0.15) is 6.61 Å². The monoisotopic (exact) mass is 264 g/mol. The highest BCUT2D eigenvalue weighted by Gasteiger charge is 2.11. The summed E-state index contributed by atoms with van der Waals surface area (Å²) in [6.07, 6.45) is 3.27. The first-order valence-electron chi connectivity index (χ1n) is 6.74. The van der Waals surface area contributed by atoms with Gasteiger partial charge in [-0.05, 0) is 44.6 Å². The summed E-state index contributed by atoms with van der Waals surface area (Å²) in [7, 11) is 3.87. The van der Waals surface area contributed by atoms with Crippen LogP contribution in [0.15, 0.2) is 18.2 Å². The lowest BCUT2D eigenvalue weighted by Gasteiger charge is -2.11. The Hall–Kier alpha value is -1.55. The van der Waals surface area contributed by atoms with Crippen molar-refractivity contribution < 1.29 is 9.53 Å². The predicted molar refractivity (Wildman–Crippen MR) is 78.3 cm³/mol. The number of esters is 1. The smallest absolute Gasteiger partial charge is 0.340 e. The van der Waals surface area contributed by atoms with Crippen LogP contribution in [0.4, 0.5) is 5.69 Å². The Morgan fingerprint density at radius 1 is 1.37 bits per heavy atom. The SMILES string of the molecule is CCCCc1ccc(C(=O)OCCN(C)C)c(N)c1. The maximum atomic E-state index is 11.9. The van der Waals surface area contributed by atoms with E-state index in [1.54, 1.807) is 6.07 Å². The molecule has 0 radical (unpaired) electrons. The van der Waals surface area contributed by atoms with Crippen LogP contribution in [0.1, 0.15) is 35.7 Å². The minimum Gasteiger partial charge on any atom is -0.461 e. The van der Waals surface area contributed by atoms with Crippen LogP contribution in [-0.4, -0.2) is 38.1 Å².